The number of alkyl halides is 3. The number of nitrogens with zero attached hydrogens (tertiary/aromatic N) is 3. The van der Waals surface area contributed by atoms with Gasteiger partial charge in [0, 0.05) is 5.56 Å². The van der Waals surface area contributed by atoms with Crippen LogP contribution in [0.25, 0.3) is 11.4 Å². The monoisotopic (exact) mass is 239 g/mol. The second kappa shape index (κ2) is 3.90. The van der Waals surface area contributed by atoms with Crippen molar-refractivity contribution in [3.05, 3.63) is 35.7 Å². The highest BCUT2D eigenvalue weighted by Crippen LogP contribution is 2.29. The number of rotatable bonds is 1. The van der Waals surface area contributed by atoms with Crippen LogP contribution < -0.4 is 0 Å². The maximum Gasteiger partial charge on any atom is 0.471 e. The van der Waals surface area contributed by atoms with E-state index in [4.69, 9.17) is 5.26 Å². The van der Waals surface area contributed by atoms with Gasteiger partial charge in [0.15, 0.2) is 0 Å². The number of aromatic nitrogens is 2. The third-order valence-electron chi connectivity index (χ3n) is 1.94. The van der Waals surface area contributed by atoms with Crippen LogP contribution in [0.2, 0.25) is 0 Å². The number of benzene rings is 1. The van der Waals surface area contributed by atoms with Crippen LogP contribution in [0.3, 0.4) is 0 Å². The molecular weight excluding hydrogens is 235 g/mol. The highest BCUT2D eigenvalue weighted by Gasteiger charge is 2.38. The van der Waals surface area contributed by atoms with Gasteiger partial charge in [-0.3, -0.25) is 0 Å². The smallest absolute Gasteiger partial charge is 0.329 e. The van der Waals surface area contributed by atoms with Crippen LogP contribution in [0.5, 0.6) is 0 Å². The van der Waals surface area contributed by atoms with E-state index in [0.29, 0.717) is 11.1 Å². The summed E-state index contributed by atoms with van der Waals surface area (Å²) in [7, 11) is 0. The molecule has 0 aliphatic heterocycles. The minimum atomic E-state index is -4.65. The zero-order chi connectivity index (χ0) is 12.5. The molecule has 17 heavy (non-hydrogen) atoms. The van der Waals surface area contributed by atoms with Gasteiger partial charge < -0.3 is 4.52 Å². The fourth-order valence-electron chi connectivity index (χ4n) is 1.15. The van der Waals surface area contributed by atoms with Gasteiger partial charge in [-0.25, -0.2) is 0 Å². The van der Waals surface area contributed by atoms with Crippen molar-refractivity contribution in [2.45, 2.75) is 6.18 Å². The minimum Gasteiger partial charge on any atom is -0.329 e. The summed E-state index contributed by atoms with van der Waals surface area (Å²) in [5, 5.41) is 11.8. The predicted molar refractivity (Wildman–Crippen MR) is 49.5 cm³/mol. The van der Waals surface area contributed by atoms with Crippen LogP contribution in [-0.4, -0.2) is 10.1 Å². The van der Waals surface area contributed by atoms with Crippen molar-refractivity contribution < 1.29 is 17.7 Å². The Morgan fingerprint density at radius 3 is 2.29 bits per heavy atom. The first-order chi connectivity index (χ1) is 8.00. The largest absolute Gasteiger partial charge is 0.471 e. The van der Waals surface area contributed by atoms with Crippen molar-refractivity contribution in [3.8, 4) is 17.5 Å². The predicted octanol–water partition coefficient (Wildman–Crippen LogP) is 2.63. The summed E-state index contributed by atoms with van der Waals surface area (Å²) in [4.78, 5) is 3.22. The number of nitriles is 1. The number of hydrogen-bond acceptors (Lipinski definition) is 4. The first-order valence-corrected chi connectivity index (χ1v) is 4.42. The summed E-state index contributed by atoms with van der Waals surface area (Å²) >= 11 is 0. The lowest BCUT2D eigenvalue weighted by molar-refractivity contribution is -0.159. The Labute approximate surface area is 93.3 Å². The maximum atomic E-state index is 12.2. The van der Waals surface area contributed by atoms with Crippen LogP contribution in [-0.2, 0) is 6.18 Å². The molecular formula is C10H4F3N3O. The van der Waals surface area contributed by atoms with E-state index in [-0.39, 0.29) is 5.82 Å². The lowest BCUT2D eigenvalue weighted by atomic mass is 10.1. The second-order valence-corrected chi connectivity index (χ2v) is 3.11. The normalized spacial score (nSPS) is 11.2. The Hall–Kier alpha value is -2.36. The molecule has 2 aromatic rings. The lowest BCUT2D eigenvalue weighted by Gasteiger charge is -1.96. The molecule has 0 atom stereocenters. The Morgan fingerprint density at radius 2 is 1.82 bits per heavy atom. The van der Waals surface area contributed by atoms with Crippen molar-refractivity contribution in [2.75, 3.05) is 0 Å². The Bertz CT molecular complexity index is 566. The summed E-state index contributed by atoms with van der Waals surface area (Å²) in [6, 6.07) is 7.70. The fourth-order valence-corrected chi connectivity index (χ4v) is 1.15. The van der Waals surface area contributed by atoms with E-state index in [0.717, 1.165) is 0 Å². The van der Waals surface area contributed by atoms with Gasteiger partial charge >= 0.3 is 12.1 Å². The van der Waals surface area contributed by atoms with E-state index in [2.05, 4.69) is 14.7 Å². The van der Waals surface area contributed by atoms with E-state index >= 15 is 0 Å². The van der Waals surface area contributed by atoms with E-state index < -0.39 is 12.1 Å². The van der Waals surface area contributed by atoms with Gasteiger partial charge in [-0.2, -0.15) is 23.4 Å². The Morgan fingerprint density at radius 1 is 1.18 bits per heavy atom. The van der Waals surface area contributed by atoms with Crippen LogP contribution in [0.4, 0.5) is 13.2 Å². The van der Waals surface area contributed by atoms with Crippen LogP contribution in [0, 0.1) is 11.3 Å². The van der Waals surface area contributed by atoms with E-state index in [9.17, 15) is 13.2 Å². The van der Waals surface area contributed by atoms with E-state index in [1.165, 1.54) is 24.3 Å². The first-order valence-electron chi connectivity index (χ1n) is 4.42. The molecule has 1 heterocycles. The zero-order valence-electron chi connectivity index (χ0n) is 8.19. The van der Waals surface area contributed by atoms with Gasteiger partial charge in [-0.15, -0.1) is 0 Å². The minimum absolute atomic E-state index is 0.165. The third kappa shape index (κ3) is 2.25. The molecule has 2 rings (SSSR count). The average molecular weight is 239 g/mol. The average Bonchev–Trinajstić information content (AvgIpc) is 2.78. The zero-order valence-corrected chi connectivity index (χ0v) is 8.19. The van der Waals surface area contributed by atoms with Crippen molar-refractivity contribution in [1.29, 1.82) is 5.26 Å². The van der Waals surface area contributed by atoms with E-state index in [1.807, 2.05) is 6.07 Å². The molecule has 0 aliphatic rings. The fraction of sp³-hybridized carbons (Fsp3) is 0.100. The van der Waals surface area contributed by atoms with Crippen molar-refractivity contribution in [3.63, 3.8) is 0 Å². The Balaban J connectivity index is 2.34. The van der Waals surface area contributed by atoms with Crippen LogP contribution >= 0.6 is 0 Å². The van der Waals surface area contributed by atoms with E-state index in [1.54, 1.807) is 0 Å². The van der Waals surface area contributed by atoms with Gasteiger partial charge in [-0.1, -0.05) is 5.16 Å². The lowest BCUT2D eigenvalue weighted by Crippen LogP contribution is -2.04. The molecule has 1 aromatic heterocycles. The van der Waals surface area contributed by atoms with Crippen molar-refractivity contribution in [1.82, 2.24) is 10.1 Å². The quantitative estimate of drug-likeness (QED) is 0.767. The summed E-state index contributed by atoms with van der Waals surface area (Å²) in [6.07, 6.45) is -4.65. The molecule has 0 saturated carbocycles. The molecule has 7 heteroatoms. The standard InChI is InChI=1S/C10H4F3N3O/c11-10(12,13)9-15-8(16-17-9)7-3-1-6(5-14)2-4-7/h1-4H. The summed E-state index contributed by atoms with van der Waals surface area (Å²) in [6.45, 7) is 0. The molecule has 86 valence electrons. The molecule has 0 radical (unpaired) electrons. The molecule has 0 N–H and O–H groups in total. The molecule has 0 aliphatic carbocycles. The summed E-state index contributed by atoms with van der Waals surface area (Å²) in [5.74, 6) is -1.56. The molecule has 0 fully saturated rings. The van der Waals surface area contributed by atoms with Gasteiger partial charge in [0.1, 0.15) is 0 Å². The van der Waals surface area contributed by atoms with Gasteiger partial charge in [0.25, 0.3) is 0 Å². The molecule has 4 nitrogen and oxygen atoms in total. The van der Waals surface area contributed by atoms with Crippen LogP contribution in [0.15, 0.2) is 28.8 Å². The van der Waals surface area contributed by atoms with Crippen LogP contribution in [0.1, 0.15) is 11.5 Å². The number of hydrogen-bond donors (Lipinski definition) is 0. The topological polar surface area (TPSA) is 62.7 Å². The molecule has 0 saturated heterocycles. The summed E-state index contributed by atoms with van der Waals surface area (Å²) < 4.78 is 40.7. The third-order valence-corrected chi connectivity index (χ3v) is 1.94. The number of halogens is 3. The highest BCUT2D eigenvalue weighted by atomic mass is 19.4. The molecule has 1 aromatic carbocycles. The maximum absolute atomic E-state index is 12.2. The van der Waals surface area contributed by atoms with Gasteiger partial charge in [0.2, 0.25) is 5.82 Å². The Kier molecular flexibility index (Phi) is 2.55. The second-order valence-electron chi connectivity index (χ2n) is 3.11. The van der Waals surface area contributed by atoms with Crippen molar-refractivity contribution in [2.24, 2.45) is 0 Å². The molecule has 0 amide bonds. The summed E-state index contributed by atoms with van der Waals surface area (Å²) in [5.41, 5.74) is 0.747. The van der Waals surface area contributed by atoms with Crippen molar-refractivity contribution >= 4 is 0 Å². The molecule has 0 spiro atoms. The molecule has 0 unspecified atom stereocenters. The molecule has 0 bridgehead atoms. The van der Waals surface area contributed by atoms with Gasteiger partial charge in [-0.05, 0) is 24.3 Å². The SMILES string of the molecule is N#Cc1ccc(-c2noc(C(F)(F)F)n2)cc1. The van der Waals surface area contributed by atoms with Gasteiger partial charge in [0.05, 0.1) is 11.6 Å². The highest BCUT2D eigenvalue weighted by molar-refractivity contribution is 5.55. The first kappa shape index (κ1) is 11.1.